The summed E-state index contributed by atoms with van der Waals surface area (Å²) < 4.78 is 34.2. The maximum atomic E-state index is 15.1. The number of hydrogen-bond acceptors (Lipinski definition) is 7. The highest BCUT2D eigenvalue weighted by molar-refractivity contribution is 7.91. The minimum atomic E-state index is -3.89. The van der Waals surface area contributed by atoms with Crippen LogP contribution in [0, 0.1) is 29.1 Å². The second-order valence-corrected chi connectivity index (χ2v) is 21.1. The standard InChI is InChI=1S/C44H57N5O7S/c1-6-32-24-44(32,39(52)48-57(54,55)34-16-17-34)46-37(50)35-25-43(56-5,33-14-12-31(13-15-33)30-10-8-7-9-11-30)26-49(35)38(51)36(41(2,3)4)45-40(53)47-42-21-27-18-28(22-42)20-29(19-27)23-42/h6-15,27-29,32,34-36H,1,16-26H2,2-5H3,(H,46,50)(H,48,52)(H2,45,47,53)/t27?,28?,29?,32-,35+,36?,42?,43+,44-/m1/s1. The number of likely N-dealkylation sites (tertiary alicyclic amines) is 1. The molecule has 7 fully saturated rings. The van der Waals surface area contributed by atoms with Gasteiger partial charge in [0.05, 0.1) is 11.8 Å². The largest absolute Gasteiger partial charge is 0.372 e. The van der Waals surface area contributed by atoms with E-state index in [0.717, 1.165) is 36.0 Å². The summed E-state index contributed by atoms with van der Waals surface area (Å²) in [6.45, 7) is 9.48. The first-order valence-corrected chi connectivity index (χ1v) is 22.1. The molecule has 0 aromatic heterocycles. The second-order valence-electron chi connectivity index (χ2n) is 19.1. The Hall–Kier alpha value is -4.23. The van der Waals surface area contributed by atoms with Crippen molar-refractivity contribution in [3.8, 4) is 11.1 Å². The van der Waals surface area contributed by atoms with Gasteiger partial charge in [0.1, 0.15) is 23.2 Å². The molecule has 7 aliphatic rings. The lowest BCUT2D eigenvalue weighted by Crippen LogP contribution is -2.65. The molecule has 0 spiro atoms. The normalized spacial score (nSPS) is 33.3. The van der Waals surface area contributed by atoms with Gasteiger partial charge in [0.25, 0.3) is 5.91 Å². The van der Waals surface area contributed by atoms with Crippen LogP contribution in [-0.4, -0.2) is 79.1 Å². The number of methoxy groups -OCH3 is 1. The number of ether oxygens (including phenoxy) is 1. The van der Waals surface area contributed by atoms with Gasteiger partial charge in [-0.2, -0.15) is 0 Å². The van der Waals surface area contributed by atoms with E-state index in [0.29, 0.717) is 30.6 Å². The molecule has 1 unspecified atom stereocenters. The van der Waals surface area contributed by atoms with Crippen LogP contribution in [0.1, 0.15) is 90.5 Å². The number of sulfonamides is 1. The molecule has 9 rings (SSSR count). The summed E-state index contributed by atoms with van der Waals surface area (Å²) in [5, 5.41) is 8.66. The third kappa shape index (κ3) is 7.50. The maximum Gasteiger partial charge on any atom is 0.315 e. The highest BCUT2D eigenvalue weighted by Gasteiger charge is 2.63. The zero-order valence-electron chi connectivity index (χ0n) is 33.5. The molecule has 6 aliphatic carbocycles. The van der Waals surface area contributed by atoms with Crippen molar-refractivity contribution in [2.75, 3.05) is 13.7 Å². The monoisotopic (exact) mass is 799 g/mol. The van der Waals surface area contributed by atoms with E-state index in [4.69, 9.17) is 4.74 Å². The Morgan fingerprint density at radius 2 is 1.46 bits per heavy atom. The lowest BCUT2D eigenvalue weighted by molar-refractivity contribution is -0.143. The van der Waals surface area contributed by atoms with Crippen LogP contribution >= 0.6 is 0 Å². The molecule has 6 saturated carbocycles. The van der Waals surface area contributed by atoms with Crippen LogP contribution in [0.2, 0.25) is 0 Å². The lowest BCUT2D eigenvalue weighted by atomic mass is 9.53. The van der Waals surface area contributed by atoms with Gasteiger partial charge >= 0.3 is 6.03 Å². The number of hydrogen-bond donors (Lipinski definition) is 4. The van der Waals surface area contributed by atoms with Crippen molar-refractivity contribution in [1.29, 1.82) is 0 Å². The third-order valence-electron chi connectivity index (χ3n) is 13.9. The van der Waals surface area contributed by atoms with E-state index < -0.39 is 67.6 Å². The molecule has 4 N–H and O–H groups in total. The summed E-state index contributed by atoms with van der Waals surface area (Å²) in [6, 6.07) is 15.3. The Balaban J connectivity index is 1.08. The topological polar surface area (TPSA) is 163 Å². The van der Waals surface area contributed by atoms with Crippen molar-refractivity contribution in [1.82, 2.24) is 25.6 Å². The average molecular weight is 800 g/mol. The van der Waals surface area contributed by atoms with Crippen LogP contribution in [0.25, 0.3) is 11.1 Å². The van der Waals surface area contributed by atoms with Crippen LogP contribution < -0.4 is 20.7 Å². The van der Waals surface area contributed by atoms with E-state index in [2.05, 4.69) is 27.3 Å². The Morgan fingerprint density at radius 1 is 0.860 bits per heavy atom. The Labute approximate surface area is 336 Å². The lowest BCUT2D eigenvalue weighted by Gasteiger charge is -2.56. The predicted octanol–water partition coefficient (Wildman–Crippen LogP) is 5.15. The average Bonchev–Trinajstić information content (AvgIpc) is 4.09. The van der Waals surface area contributed by atoms with Crippen molar-refractivity contribution in [2.24, 2.45) is 29.1 Å². The van der Waals surface area contributed by atoms with Crippen LogP contribution in [0.5, 0.6) is 0 Å². The maximum absolute atomic E-state index is 15.1. The molecule has 13 heteroatoms. The highest BCUT2D eigenvalue weighted by atomic mass is 32.2. The van der Waals surface area contributed by atoms with Crippen LogP contribution in [0.3, 0.4) is 0 Å². The molecular formula is C44H57N5O7S. The quantitative estimate of drug-likeness (QED) is 0.216. The van der Waals surface area contributed by atoms with Gasteiger partial charge in [0.2, 0.25) is 21.8 Å². The van der Waals surface area contributed by atoms with Crippen LogP contribution in [0.4, 0.5) is 4.79 Å². The number of urea groups is 1. The predicted molar refractivity (Wildman–Crippen MR) is 216 cm³/mol. The molecule has 1 aliphatic heterocycles. The van der Waals surface area contributed by atoms with E-state index >= 15 is 4.79 Å². The van der Waals surface area contributed by atoms with Gasteiger partial charge in [-0.05, 0) is 97.6 Å². The van der Waals surface area contributed by atoms with Crippen molar-refractivity contribution < 1.29 is 32.3 Å². The minimum absolute atomic E-state index is 0.00387. The summed E-state index contributed by atoms with van der Waals surface area (Å²) in [5.41, 5.74) is -0.897. The van der Waals surface area contributed by atoms with Gasteiger partial charge in [-0.3, -0.25) is 19.1 Å². The molecule has 4 bridgehead atoms. The van der Waals surface area contributed by atoms with Gasteiger partial charge in [0.15, 0.2) is 0 Å². The van der Waals surface area contributed by atoms with Gasteiger partial charge < -0.3 is 25.6 Å². The molecule has 1 heterocycles. The van der Waals surface area contributed by atoms with E-state index in [1.54, 1.807) is 7.11 Å². The molecule has 306 valence electrons. The van der Waals surface area contributed by atoms with Crippen LogP contribution in [0.15, 0.2) is 67.3 Å². The van der Waals surface area contributed by atoms with Gasteiger partial charge in [0, 0.05) is 25.0 Å². The zero-order valence-corrected chi connectivity index (χ0v) is 34.3. The molecule has 1 saturated heterocycles. The summed E-state index contributed by atoms with van der Waals surface area (Å²) >= 11 is 0. The number of nitrogens with zero attached hydrogens (tertiary/aromatic N) is 1. The van der Waals surface area contributed by atoms with E-state index in [1.807, 2.05) is 75.4 Å². The Kier molecular flexibility index (Phi) is 9.90. The third-order valence-corrected chi connectivity index (χ3v) is 15.7. The molecular weight excluding hydrogens is 743 g/mol. The number of carbonyl (C=O) groups excluding carboxylic acids is 4. The number of amides is 5. The van der Waals surface area contributed by atoms with E-state index in [-0.39, 0.29) is 31.0 Å². The number of carbonyl (C=O) groups is 4. The fourth-order valence-electron chi connectivity index (χ4n) is 10.9. The first-order valence-electron chi connectivity index (χ1n) is 20.6. The van der Waals surface area contributed by atoms with Crippen molar-refractivity contribution >= 4 is 33.8 Å². The zero-order chi connectivity index (χ0) is 40.5. The van der Waals surface area contributed by atoms with Crippen molar-refractivity contribution in [3.05, 3.63) is 72.8 Å². The molecule has 12 nitrogen and oxygen atoms in total. The second kappa shape index (κ2) is 14.2. The molecule has 5 atom stereocenters. The summed E-state index contributed by atoms with van der Waals surface area (Å²) in [7, 11) is -2.34. The summed E-state index contributed by atoms with van der Waals surface area (Å²) in [5.74, 6) is -0.515. The number of benzene rings is 2. The fraction of sp³-hybridized carbons (Fsp3) is 0.591. The highest BCUT2D eigenvalue weighted by Crippen LogP contribution is 2.55. The van der Waals surface area contributed by atoms with Crippen molar-refractivity contribution in [2.45, 2.75) is 119 Å². The minimum Gasteiger partial charge on any atom is -0.372 e. The summed E-state index contributed by atoms with van der Waals surface area (Å²) in [4.78, 5) is 58.8. The number of rotatable bonds is 12. The first-order chi connectivity index (χ1) is 27.0. The van der Waals surface area contributed by atoms with Gasteiger partial charge in [-0.15, -0.1) is 6.58 Å². The Morgan fingerprint density at radius 3 is 1.98 bits per heavy atom. The summed E-state index contributed by atoms with van der Waals surface area (Å²) in [6.07, 6.45) is 9.26. The van der Waals surface area contributed by atoms with Crippen LogP contribution in [-0.2, 0) is 34.7 Å². The number of nitrogens with one attached hydrogen (secondary N) is 4. The molecule has 2 aromatic rings. The Bertz CT molecular complexity index is 2010. The molecule has 2 aromatic carbocycles. The van der Waals surface area contributed by atoms with E-state index in [1.165, 1.54) is 30.2 Å². The van der Waals surface area contributed by atoms with E-state index in [9.17, 15) is 22.8 Å². The van der Waals surface area contributed by atoms with Crippen molar-refractivity contribution in [3.63, 3.8) is 0 Å². The SMILES string of the molecule is C=C[C@@H]1C[C@]1(NC(=O)[C@@H]1C[C@@](OC)(c2ccc(-c3ccccc3)cc2)CN1C(=O)C(NC(=O)NC12CC3CC(CC(C3)C1)C2)C(C)(C)C)C(=O)NS(=O)(=O)C1CC1. The molecule has 57 heavy (non-hydrogen) atoms. The van der Waals surface area contributed by atoms with Gasteiger partial charge in [-0.1, -0.05) is 81.4 Å². The smallest absolute Gasteiger partial charge is 0.315 e. The first kappa shape index (κ1) is 39.6. The molecule has 0 radical (unpaired) electrons. The van der Waals surface area contributed by atoms with Gasteiger partial charge in [-0.25, -0.2) is 13.2 Å². The molecule has 5 amide bonds. The fourth-order valence-corrected chi connectivity index (χ4v) is 12.3.